The fourth-order valence-corrected chi connectivity index (χ4v) is 3.28. The highest BCUT2D eigenvalue weighted by Crippen LogP contribution is 2.38. The number of fused-ring (bicyclic) bond motifs is 1. The van der Waals surface area contributed by atoms with E-state index >= 15 is 0 Å². The standard InChI is InChI=1S/C18H19F3N6O3/c1-4-6-9-26-13-14(23-12(5-2)24(3)15(13)28)27(30-16(29)18(19,20)21)17(26)25-10-7-22-8-11-25/h2,17,22H,7-11H2,1,3H3. The molecule has 2 aliphatic heterocycles. The van der Waals surface area contributed by atoms with Crippen LogP contribution in [0.4, 0.5) is 24.7 Å². The lowest BCUT2D eigenvalue weighted by atomic mass is 10.3. The number of nitrogens with one attached hydrogen (secondary N) is 1. The molecule has 0 saturated carbocycles. The van der Waals surface area contributed by atoms with Crippen LogP contribution in [0.2, 0.25) is 0 Å². The summed E-state index contributed by atoms with van der Waals surface area (Å²) in [5.74, 6) is 4.91. The van der Waals surface area contributed by atoms with E-state index < -0.39 is 24.0 Å². The Morgan fingerprint density at radius 1 is 1.37 bits per heavy atom. The van der Waals surface area contributed by atoms with E-state index in [9.17, 15) is 22.8 Å². The van der Waals surface area contributed by atoms with Gasteiger partial charge < -0.3 is 15.1 Å². The smallest absolute Gasteiger partial charge is 0.327 e. The molecule has 30 heavy (non-hydrogen) atoms. The Labute approximate surface area is 170 Å². The van der Waals surface area contributed by atoms with Crippen molar-refractivity contribution in [3.8, 4) is 24.2 Å². The predicted molar refractivity (Wildman–Crippen MR) is 101 cm³/mol. The Morgan fingerprint density at radius 3 is 2.60 bits per heavy atom. The predicted octanol–water partition coefficient (Wildman–Crippen LogP) is -0.379. The minimum Gasteiger partial charge on any atom is -0.327 e. The van der Waals surface area contributed by atoms with Gasteiger partial charge in [0.1, 0.15) is 0 Å². The van der Waals surface area contributed by atoms with Crippen LogP contribution in [0.15, 0.2) is 4.79 Å². The van der Waals surface area contributed by atoms with Crippen LogP contribution in [-0.2, 0) is 16.7 Å². The molecule has 0 bridgehead atoms. The molecule has 160 valence electrons. The van der Waals surface area contributed by atoms with E-state index in [0.717, 1.165) is 4.57 Å². The summed E-state index contributed by atoms with van der Waals surface area (Å²) in [4.78, 5) is 36.7. The van der Waals surface area contributed by atoms with Crippen LogP contribution in [0, 0.1) is 24.2 Å². The Balaban J connectivity index is 2.18. The first-order valence-electron chi connectivity index (χ1n) is 8.97. The van der Waals surface area contributed by atoms with Crippen molar-refractivity contribution in [2.24, 2.45) is 7.05 Å². The number of nitrogens with zero attached hydrogens (tertiary/aromatic N) is 5. The van der Waals surface area contributed by atoms with E-state index in [1.807, 2.05) is 0 Å². The van der Waals surface area contributed by atoms with Crippen LogP contribution in [0.25, 0.3) is 0 Å². The van der Waals surface area contributed by atoms with E-state index in [4.69, 9.17) is 11.3 Å². The molecule has 1 unspecified atom stereocenters. The lowest BCUT2D eigenvalue weighted by Gasteiger charge is -2.40. The van der Waals surface area contributed by atoms with Crippen molar-refractivity contribution in [3.63, 3.8) is 0 Å². The van der Waals surface area contributed by atoms with E-state index in [-0.39, 0.29) is 23.9 Å². The number of carbonyl (C=O) groups excluding carboxylic acids is 1. The second-order valence-electron chi connectivity index (χ2n) is 6.51. The molecule has 0 aliphatic carbocycles. The number of carbonyl (C=O) groups is 1. The number of piperazine rings is 1. The molecule has 3 rings (SSSR count). The van der Waals surface area contributed by atoms with Crippen LogP contribution in [0.3, 0.4) is 0 Å². The van der Waals surface area contributed by atoms with Crippen LogP contribution in [-0.4, -0.2) is 65.6 Å². The second kappa shape index (κ2) is 8.26. The van der Waals surface area contributed by atoms with Crippen molar-refractivity contribution in [1.29, 1.82) is 0 Å². The average Bonchev–Trinajstić information content (AvgIpc) is 3.02. The molecule has 9 nitrogen and oxygen atoms in total. The summed E-state index contributed by atoms with van der Waals surface area (Å²) >= 11 is 0. The van der Waals surface area contributed by atoms with E-state index in [2.05, 4.69) is 28.1 Å². The third kappa shape index (κ3) is 3.79. The average molecular weight is 424 g/mol. The maximum atomic E-state index is 13.0. The Morgan fingerprint density at radius 2 is 2.03 bits per heavy atom. The first kappa shape index (κ1) is 21.5. The summed E-state index contributed by atoms with van der Waals surface area (Å²) in [6, 6.07) is 0. The number of hydroxylamine groups is 1. The fourth-order valence-electron chi connectivity index (χ4n) is 3.28. The summed E-state index contributed by atoms with van der Waals surface area (Å²) in [7, 11) is 1.40. The minimum atomic E-state index is -5.24. The third-order valence-electron chi connectivity index (χ3n) is 4.68. The van der Waals surface area contributed by atoms with E-state index in [1.165, 1.54) is 11.9 Å². The third-order valence-corrected chi connectivity index (χ3v) is 4.68. The number of aromatic nitrogens is 2. The first-order chi connectivity index (χ1) is 14.2. The van der Waals surface area contributed by atoms with Crippen molar-refractivity contribution in [3.05, 3.63) is 16.2 Å². The highest BCUT2D eigenvalue weighted by molar-refractivity contribution is 5.80. The highest BCUT2D eigenvalue weighted by atomic mass is 19.4. The maximum Gasteiger partial charge on any atom is 0.493 e. The van der Waals surface area contributed by atoms with E-state index in [0.29, 0.717) is 31.2 Å². The Kier molecular flexibility index (Phi) is 5.92. The zero-order valence-electron chi connectivity index (χ0n) is 16.3. The zero-order chi connectivity index (χ0) is 22.1. The van der Waals surface area contributed by atoms with Gasteiger partial charge in [0.15, 0.2) is 23.6 Å². The number of hydrogen-bond acceptors (Lipinski definition) is 8. The topological polar surface area (TPSA) is 82.9 Å². The van der Waals surface area contributed by atoms with Crippen molar-refractivity contribution in [2.75, 3.05) is 42.7 Å². The molecule has 1 aromatic heterocycles. The molecule has 1 N–H and O–H groups in total. The molecule has 0 aromatic carbocycles. The first-order valence-corrected chi connectivity index (χ1v) is 8.97. The van der Waals surface area contributed by atoms with Crippen LogP contribution < -0.4 is 20.8 Å². The second-order valence-corrected chi connectivity index (χ2v) is 6.51. The van der Waals surface area contributed by atoms with Gasteiger partial charge in [-0.25, -0.2) is 4.79 Å². The Hall–Kier alpha value is -3.22. The monoisotopic (exact) mass is 424 g/mol. The number of rotatable bonds is 3. The quantitative estimate of drug-likeness (QED) is 0.658. The summed E-state index contributed by atoms with van der Waals surface area (Å²) in [5, 5.41) is 3.84. The summed E-state index contributed by atoms with van der Waals surface area (Å²) in [5.41, 5.74) is -0.630. The fraction of sp³-hybridized carbons (Fsp3) is 0.500. The molecule has 2 aliphatic rings. The lowest BCUT2D eigenvalue weighted by Crippen LogP contribution is -2.61. The van der Waals surface area contributed by atoms with Gasteiger partial charge in [0.2, 0.25) is 0 Å². The normalized spacial score (nSPS) is 19.0. The lowest BCUT2D eigenvalue weighted by molar-refractivity contribution is -0.203. The number of anilines is 2. The molecular weight excluding hydrogens is 405 g/mol. The van der Waals surface area contributed by atoms with Gasteiger partial charge in [-0.05, 0) is 12.8 Å². The Bertz CT molecular complexity index is 998. The van der Waals surface area contributed by atoms with Crippen LogP contribution in [0.1, 0.15) is 12.7 Å². The molecule has 3 heterocycles. The van der Waals surface area contributed by atoms with Gasteiger partial charge in [-0.1, -0.05) is 5.92 Å². The van der Waals surface area contributed by atoms with Crippen LogP contribution in [0.5, 0.6) is 0 Å². The molecule has 1 atom stereocenters. The van der Waals surface area contributed by atoms with Gasteiger partial charge in [0, 0.05) is 33.2 Å². The number of alkyl halides is 3. The van der Waals surface area contributed by atoms with Crippen molar-refractivity contribution < 1.29 is 22.8 Å². The highest BCUT2D eigenvalue weighted by Gasteiger charge is 2.50. The van der Waals surface area contributed by atoms with Crippen molar-refractivity contribution >= 4 is 17.5 Å². The zero-order valence-corrected chi connectivity index (χ0v) is 16.3. The van der Waals surface area contributed by atoms with Crippen molar-refractivity contribution in [1.82, 2.24) is 19.8 Å². The largest absolute Gasteiger partial charge is 0.493 e. The summed E-state index contributed by atoms with van der Waals surface area (Å²) in [6.45, 7) is 3.57. The van der Waals surface area contributed by atoms with Gasteiger partial charge in [0.05, 0.1) is 6.54 Å². The molecule has 0 spiro atoms. The molecule has 0 radical (unpaired) electrons. The SMILES string of the molecule is C#Cc1nc2c(c(=O)n1C)N(CC#CC)C(N1CCNCC1)N2OC(=O)C(F)(F)F. The molecule has 12 heteroatoms. The molecular formula is C18H19F3N6O3. The van der Waals surface area contributed by atoms with Gasteiger partial charge in [0.25, 0.3) is 5.56 Å². The number of halogens is 3. The summed E-state index contributed by atoms with van der Waals surface area (Å²) < 4.78 is 40.0. The van der Waals surface area contributed by atoms with E-state index in [1.54, 1.807) is 11.8 Å². The van der Waals surface area contributed by atoms with Crippen molar-refractivity contribution in [2.45, 2.75) is 19.4 Å². The molecule has 0 amide bonds. The maximum absolute atomic E-state index is 13.0. The number of terminal acetylenes is 1. The van der Waals surface area contributed by atoms with Gasteiger partial charge in [-0.3, -0.25) is 14.3 Å². The summed E-state index contributed by atoms with van der Waals surface area (Å²) in [6.07, 6.45) is -0.887. The molecule has 1 saturated heterocycles. The van der Waals surface area contributed by atoms with Gasteiger partial charge in [-0.15, -0.1) is 17.4 Å². The number of hydrogen-bond donors (Lipinski definition) is 1. The minimum absolute atomic E-state index is 0.00445. The molecule has 1 aromatic rings. The molecule has 1 fully saturated rings. The van der Waals surface area contributed by atoms with Gasteiger partial charge >= 0.3 is 12.1 Å². The van der Waals surface area contributed by atoms with Crippen LogP contribution >= 0.6 is 0 Å². The van der Waals surface area contributed by atoms with Gasteiger partial charge in [-0.2, -0.15) is 18.2 Å².